The highest BCUT2D eigenvalue weighted by molar-refractivity contribution is 7.71. The Morgan fingerprint density at radius 2 is 2.20 bits per heavy atom. The molecule has 2 nitrogen and oxygen atoms in total. The smallest absolute Gasteiger partial charge is 0.177 e. The minimum atomic E-state index is -0.632. The van der Waals surface area contributed by atoms with Crippen LogP contribution in [0.5, 0.6) is 0 Å². The van der Waals surface area contributed by atoms with Crippen LogP contribution in [0.25, 0.3) is 0 Å². The predicted octanol–water partition coefficient (Wildman–Crippen LogP) is 4.22. The molecule has 1 fully saturated rings. The summed E-state index contributed by atoms with van der Waals surface area (Å²) in [6.45, 7) is 2.46. The summed E-state index contributed by atoms with van der Waals surface area (Å²) in [7, 11) is 0. The summed E-state index contributed by atoms with van der Waals surface area (Å²) in [5, 5.41) is -0.0279. The Kier molecular flexibility index (Phi) is 2.32. The number of benzene rings is 1. The van der Waals surface area contributed by atoms with Crippen molar-refractivity contribution in [3.05, 3.63) is 50.5 Å². The molecule has 104 valence electrons. The summed E-state index contributed by atoms with van der Waals surface area (Å²) in [5.74, 6) is -1.03. The lowest BCUT2D eigenvalue weighted by Crippen LogP contribution is -2.17. The first kappa shape index (κ1) is 12.5. The van der Waals surface area contributed by atoms with Gasteiger partial charge in [0.05, 0.1) is 5.02 Å². The van der Waals surface area contributed by atoms with E-state index < -0.39 is 17.0 Å². The van der Waals surface area contributed by atoms with Crippen LogP contribution in [0, 0.1) is 23.3 Å². The van der Waals surface area contributed by atoms with Crippen LogP contribution in [0.15, 0.2) is 12.1 Å². The second-order valence-electron chi connectivity index (χ2n) is 5.66. The van der Waals surface area contributed by atoms with E-state index in [1.807, 2.05) is 11.5 Å². The average molecular weight is 313 g/mol. The van der Waals surface area contributed by atoms with E-state index in [0.29, 0.717) is 11.3 Å². The Bertz CT molecular complexity index is 810. The molecule has 1 N–H and O–H groups in total. The first-order valence-corrected chi connectivity index (χ1v) is 7.17. The molecule has 0 spiro atoms. The van der Waals surface area contributed by atoms with E-state index in [1.165, 1.54) is 12.1 Å². The van der Waals surface area contributed by atoms with Crippen LogP contribution in [0.3, 0.4) is 0 Å². The Balaban J connectivity index is 1.91. The van der Waals surface area contributed by atoms with Crippen LogP contribution in [0.2, 0.25) is 5.02 Å². The molecule has 2 heterocycles. The van der Waals surface area contributed by atoms with Gasteiger partial charge in [0.15, 0.2) is 4.77 Å². The van der Waals surface area contributed by atoms with Gasteiger partial charge in [-0.25, -0.2) is 8.78 Å². The fourth-order valence-electron chi connectivity index (χ4n) is 3.67. The van der Waals surface area contributed by atoms with Crippen molar-refractivity contribution in [2.24, 2.45) is 0 Å². The summed E-state index contributed by atoms with van der Waals surface area (Å²) in [6, 6.07) is 2.50. The number of aryl methyl sites for hydroxylation is 1. The SMILES string of the molecule is Cc1[nH]c(=S)n2c1C1C[C@]1(c1c(F)ccc(Cl)c1F)C2. The van der Waals surface area contributed by atoms with Crippen LogP contribution in [-0.4, -0.2) is 9.55 Å². The summed E-state index contributed by atoms with van der Waals surface area (Å²) in [5.41, 5.74) is 1.67. The number of rotatable bonds is 1. The fourth-order valence-corrected chi connectivity index (χ4v) is 4.14. The van der Waals surface area contributed by atoms with E-state index >= 15 is 0 Å². The molecule has 0 bridgehead atoms. The second-order valence-corrected chi connectivity index (χ2v) is 6.45. The molecule has 1 aliphatic carbocycles. The van der Waals surface area contributed by atoms with Crippen molar-refractivity contribution in [2.75, 3.05) is 0 Å². The van der Waals surface area contributed by atoms with Crippen LogP contribution in [0.4, 0.5) is 8.78 Å². The first-order valence-electron chi connectivity index (χ1n) is 6.39. The molecule has 20 heavy (non-hydrogen) atoms. The van der Waals surface area contributed by atoms with E-state index in [4.69, 9.17) is 23.8 Å². The van der Waals surface area contributed by atoms with Crippen molar-refractivity contribution in [3.63, 3.8) is 0 Å². The van der Waals surface area contributed by atoms with Crippen LogP contribution >= 0.6 is 23.8 Å². The maximum atomic E-state index is 14.3. The Morgan fingerprint density at radius 1 is 1.45 bits per heavy atom. The molecule has 0 amide bonds. The monoisotopic (exact) mass is 312 g/mol. The fraction of sp³-hybridized carbons (Fsp3) is 0.357. The average Bonchev–Trinajstić information content (AvgIpc) is 2.88. The molecule has 2 aromatic rings. The summed E-state index contributed by atoms with van der Waals surface area (Å²) in [6.07, 6.45) is 0.745. The van der Waals surface area contributed by atoms with E-state index in [2.05, 4.69) is 4.98 Å². The second kappa shape index (κ2) is 3.71. The van der Waals surface area contributed by atoms with Crippen molar-refractivity contribution >= 4 is 23.8 Å². The zero-order valence-electron chi connectivity index (χ0n) is 10.6. The highest BCUT2D eigenvalue weighted by Gasteiger charge is 2.64. The number of halogens is 3. The van der Waals surface area contributed by atoms with E-state index in [1.54, 1.807) is 0 Å². The molecule has 1 aliphatic heterocycles. The molecule has 1 aromatic heterocycles. The van der Waals surface area contributed by atoms with Crippen LogP contribution in [0.1, 0.15) is 29.3 Å². The minimum Gasteiger partial charge on any atom is -0.335 e. The van der Waals surface area contributed by atoms with Gasteiger partial charge in [-0.3, -0.25) is 0 Å². The lowest BCUT2D eigenvalue weighted by atomic mass is 9.93. The van der Waals surface area contributed by atoms with Crippen molar-refractivity contribution < 1.29 is 8.78 Å². The highest BCUT2D eigenvalue weighted by atomic mass is 35.5. The van der Waals surface area contributed by atoms with Crippen LogP contribution in [-0.2, 0) is 12.0 Å². The molecule has 2 atom stereocenters. The van der Waals surface area contributed by atoms with Gasteiger partial charge in [-0.2, -0.15) is 0 Å². The maximum absolute atomic E-state index is 14.3. The molecular weight excluding hydrogens is 302 g/mol. The quantitative estimate of drug-likeness (QED) is 0.617. The highest BCUT2D eigenvalue weighted by Crippen LogP contribution is 2.67. The number of hydrogen-bond acceptors (Lipinski definition) is 1. The number of aromatic amines is 1. The number of nitrogens with one attached hydrogen (secondary N) is 1. The van der Waals surface area contributed by atoms with Crippen molar-refractivity contribution in [1.82, 2.24) is 9.55 Å². The topological polar surface area (TPSA) is 20.7 Å². The number of fused-ring (bicyclic) bond motifs is 3. The third-order valence-corrected chi connectivity index (χ3v) is 5.22. The third kappa shape index (κ3) is 1.35. The van der Waals surface area contributed by atoms with E-state index in [0.717, 1.165) is 17.8 Å². The lowest BCUT2D eigenvalue weighted by Gasteiger charge is -2.16. The van der Waals surface area contributed by atoms with Gasteiger partial charge < -0.3 is 9.55 Å². The van der Waals surface area contributed by atoms with Crippen LogP contribution < -0.4 is 0 Å². The first-order chi connectivity index (χ1) is 9.45. The number of aromatic nitrogens is 2. The van der Waals surface area contributed by atoms with Gasteiger partial charge >= 0.3 is 0 Å². The molecule has 6 heteroatoms. The number of H-pyrrole nitrogens is 1. The van der Waals surface area contributed by atoms with Gasteiger partial charge in [0.2, 0.25) is 0 Å². The molecular formula is C14H11ClF2N2S. The van der Waals surface area contributed by atoms with E-state index in [9.17, 15) is 8.78 Å². The molecule has 4 rings (SSSR count). The molecule has 1 aromatic carbocycles. The van der Waals surface area contributed by atoms with Gasteiger partial charge in [0.25, 0.3) is 0 Å². The lowest BCUT2D eigenvalue weighted by molar-refractivity contribution is 0.487. The number of imidazole rings is 1. The zero-order chi connectivity index (χ0) is 14.2. The Labute approximate surface area is 124 Å². The minimum absolute atomic E-state index is 0.0279. The van der Waals surface area contributed by atoms with Gasteiger partial charge in [0.1, 0.15) is 11.6 Å². The number of nitrogens with zero attached hydrogens (tertiary/aromatic N) is 1. The summed E-state index contributed by atoms with van der Waals surface area (Å²) < 4.78 is 31.0. The van der Waals surface area contributed by atoms with Crippen molar-refractivity contribution in [3.8, 4) is 0 Å². The van der Waals surface area contributed by atoms with Gasteiger partial charge in [-0.05, 0) is 37.7 Å². The molecule has 0 saturated heterocycles. The molecule has 1 saturated carbocycles. The molecule has 2 aliphatic rings. The molecule has 1 unspecified atom stereocenters. The Hall–Kier alpha value is -1.20. The van der Waals surface area contributed by atoms with Gasteiger partial charge in [-0.1, -0.05) is 11.6 Å². The third-order valence-electron chi connectivity index (χ3n) is 4.60. The van der Waals surface area contributed by atoms with Gasteiger partial charge in [-0.15, -0.1) is 0 Å². The van der Waals surface area contributed by atoms with Crippen molar-refractivity contribution in [1.29, 1.82) is 0 Å². The summed E-state index contributed by atoms with van der Waals surface area (Å²) in [4.78, 5) is 3.11. The largest absolute Gasteiger partial charge is 0.335 e. The van der Waals surface area contributed by atoms with Gasteiger partial charge in [0, 0.05) is 34.8 Å². The molecule has 0 radical (unpaired) electrons. The van der Waals surface area contributed by atoms with E-state index in [-0.39, 0.29) is 16.5 Å². The maximum Gasteiger partial charge on any atom is 0.177 e. The number of hydrogen-bond donors (Lipinski definition) is 1. The zero-order valence-corrected chi connectivity index (χ0v) is 12.2. The standard InChI is InChI=1S/C14H11ClF2N2S/c1-6-12-7-4-14(7,5-19(12)13(20)18-6)10-9(16)3-2-8(15)11(10)17/h2-3,7H,4-5H2,1H3,(H,18,20)/t7?,14-/m0/s1. The van der Waals surface area contributed by atoms with Crippen molar-refractivity contribution in [2.45, 2.75) is 31.2 Å². The normalized spacial score (nSPS) is 26.5. The summed E-state index contributed by atoms with van der Waals surface area (Å²) >= 11 is 11.1. The Morgan fingerprint density at radius 3 is 2.90 bits per heavy atom. The predicted molar refractivity (Wildman–Crippen MR) is 74.8 cm³/mol.